The number of rotatable bonds is 6. The van der Waals surface area contributed by atoms with E-state index in [0.717, 1.165) is 18.5 Å². The van der Waals surface area contributed by atoms with Crippen LogP contribution in [0.3, 0.4) is 0 Å². The summed E-state index contributed by atoms with van der Waals surface area (Å²) in [7, 11) is 3.12. The first-order valence-electron chi connectivity index (χ1n) is 8.21. The molecule has 2 aromatic rings. The van der Waals surface area contributed by atoms with Crippen LogP contribution in [0.1, 0.15) is 42.5 Å². The van der Waals surface area contributed by atoms with Gasteiger partial charge >= 0.3 is 0 Å². The molecule has 24 heavy (non-hydrogen) atoms. The molecule has 1 fully saturated rings. The number of Topliss-reactive ketones (excluding diaryl/α,β-unsaturated/α-hetero) is 1. The van der Waals surface area contributed by atoms with Gasteiger partial charge in [-0.1, -0.05) is 25.7 Å². The molecule has 6 nitrogen and oxygen atoms in total. The molecule has 1 saturated carbocycles. The third kappa shape index (κ3) is 3.22. The van der Waals surface area contributed by atoms with Crippen molar-refractivity contribution >= 4 is 11.6 Å². The number of carbonyl (C=O) groups excluding carboxylic acids is 1. The van der Waals surface area contributed by atoms with Crippen LogP contribution in [0.4, 0.5) is 5.82 Å². The molecule has 1 aromatic heterocycles. The number of nitrogens with two attached hydrogens (primary N) is 1. The van der Waals surface area contributed by atoms with Crippen LogP contribution in [-0.4, -0.2) is 29.6 Å². The minimum Gasteiger partial charge on any atom is -0.493 e. The van der Waals surface area contributed by atoms with Crippen LogP contribution in [0.25, 0.3) is 5.69 Å². The second kappa shape index (κ2) is 6.95. The predicted octanol–water partition coefficient (Wildman–Crippen LogP) is 3.23. The number of hydrogen-bond donors (Lipinski definition) is 1. The molecule has 2 N–H and O–H groups in total. The van der Waals surface area contributed by atoms with E-state index in [0.29, 0.717) is 35.2 Å². The molecule has 0 atom stereocenters. The van der Waals surface area contributed by atoms with E-state index in [1.54, 1.807) is 31.3 Å². The lowest BCUT2D eigenvalue weighted by Crippen LogP contribution is -2.09. The summed E-state index contributed by atoms with van der Waals surface area (Å²) in [6.07, 6.45) is 8.55. The lowest BCUT2D eigenvalue weighted by atomic mass is 9.96. The number of hydrogen-bond acceptors (Lipinski definition) is 5. The number of carbonyl (C=O) groups is 1. The SMILES string of the molecule is COc1cc(-n2cnc(N)c2)cc(C(=O)CC2CCCC2)c1OC. The van der Waals surface area contributed by atoms with E-state index in [9.17, 15) is 4.79 Å². The first kappa shape index (κ1) is 16.4. The van der Waals surface area contributed by atoms with E-state index in [2.05, 4.69) is 4.98 Å². The summed E-state index contributed by atoms with van der Waals surface area (Å²) in [5.74, 6) is 1.99. The van der Waals surface area contributed by atoms with E-state index in [1.807, 2.05) is 12.1 Å². The van der Waals surface area contributed by atoms with Gasteiger partial charge in [-0.15, -0.1) is 0 Å². The Kier molecular flexibility index (Phi) is 4.74. The molecule has 0 aliphatic heterocycles. The maximum Gasteiger partial charge on any atom is 0.171 e. The Bertz CT molecular complexity index is 733. The largest absolute Gasteiger partial charge is 0.493 e. The van der Waals surface area contributed by atoms with E-state index in [1.165, 1.54) is 12.8 Å². The molecule has 0 amide bonds. The minimum atomic E-state index is 0.0898. The van der Waals surface area contributed by atoms with Gasteiger partial charge < -0.3 is 19.8 Å². The van der Waals surface area contributed by atoms with Crippen molar-refractivity contribution < 1.29 is 14.3 Å². The van der Waals surface area contributed by atoms with Crippen molar-refractivity contribution in [1.82, 2.24) is 9.55 Å². The lowest BCUT2D eigenvalue weighted by molar-refractivity contribution is 0.0958. The summed E-state index contributed by atoms with van der Waals surface area (Å²) in [6.45, 7) is 0. The van der Waals surface area contributed by atoms with Gasteiger partial charge in [0.15, 0.2) is 17.3 Å². The first-order chi connectivity index (χ1) is 11.6. The number of nitrogens with zero attached hydrogens (tertiary/aromatic N) is 2. The summed E-state index contributed by atoms with van der Waals surface area (Å²) < 4.78 is 12.6. The Hall–Kier alpha value is -2.50. The molecule has 6 heteroatoms. The summed E-state index contributed by atoms with van der Waals surface area (Å²) in [4.78, 5) is 16.9. The smallest absolute Gasteiger partial charge is 0.171 e. The van der Waals surface area contributed by atoms with Crippen molar-refractivity contribution in [1.29, 1.82) is 0 Å². The van der Waals surface area contributed by atoms with Crippen LogP contribution in [-0.2, 0) is 0 Å². The van der Waals surface area contributed by atoms with Crippen molar-refractivity contribution in [2.75, 3.05) is 20.0 Å². The number of aromatic nitrogens is 2. The Morgan fingerprint density at radius 3 is 2.62 bits per heavy atom. The third-order valence-corrected chi connectivity index (χ3v) is 4.61. The van der Waals surface area contributed by atoms with Crippen LogP contribution in [0.15, 0.2) is 24.7 Å². The van der Waals surface area contributed by atoms with Crippen LogP contribution in [0.5, 0.6) is 11.5 Å². The fourth-order valence-electron chi connectivity index (χ4n) is 3.37. The third-order valence-electron chi connectivity index (χ3n) is 4.61. The zero-order valence-corrected chi connectivity index (χ0v) is 14.1. The predicted molar refractivity (Wildman–Crippen MR) is 92.0 cm³/mol. The highest BCUT2D eigenvalue weighted by Gasteiger charge is 2.24. The molecule has 1 aromatic carbocycles. The minimum absolute atomic E-state index is 0.0898. The Labute approximate surface area is 141 Å². The standard InChI is InChI=1S/C18H23N3O3/c1-23-16-9-13(21-10-17(19)20-11-21)8-14(18(16)24-2)15(22)7-12-5-3-4-6-12/h8-12H,3-7,19H2,1-2H3. The second-order valence-electron chi connectivity index (χ2n) is 6.21. The summed E-state index contributed by atoms with van der Waals surface area (Å²) in [6, 6.07) is 3.63. The highest BCUT2D eigenvalue weighted by molar-refractivity contribution is 6.00. The molecule has 1 aliphatic rings. The van der Waals surface area contributed by atoms with Crippen LogP contribution >= 0.6 is 0 Å². The van der Waals surface area contributed by atoms with Gasteiger partial charge in [0, 0.05) is 12.5 Å². The second-order valence-corrected chi connectivity index (χ2v) is 6.21. The molecule has 0 radical (unpaired) electrons. The fraction of sp³-hybridized carbons (Fsp3) is 0.444. The maximum atomic E-state index is 12.9. The quantitative estimate of drug-likeness (QED) is 0.823. The van der Waals surface area contributed by atoms with Crippen LogP contribution < -0.4 is 15.2 Å². The molecule has 0 bridgehead atoms. The normalized spacial score (nSPS) is 14.8. The monoisotopic (exact) mass is 329 g/mol. The van der Waals surface area contributed by atoms with Gasteiger partial charge in [0.05, 0.1) is 31.7 Å². The Morgan fingerprint density at radius 2 is 2.04 bits per heavy atom. The van der Waals surface area contributed by atoms with Crippen molar-refractivity contribution in [3.05, 3.63) is 30.2 Å². The van der Waals surface area contributed by atoms with E-state index >= 15 is 0 Å². The average molecular weight is 329 g/mol. The van der Waals surface area contributed by atoms with Crippen molar-refractivity contribution in [2.45, 2.75) is 32.1 Å². The highest BCUT2D eigenvalue weighted by Crippen LogP contribution is 2.37. The highest BCUT2D eigenvalue weighted by atomic mass is 16.5. The van der Waals surface area contributed by atoms with E-state index in [-0.39, 0.29) is 5.78 Å². The Balaban J connectivity index is 1.99. The van der Waals surface area contributed by atoms with Gasteiger partial charge in [0.25, 0.3) is 0 Å². The number of ketones is 1. The molecule has 1 aliphatic carbocycles. The van der Waals surface area contributed by atoms with Gasteiger partial charge in [-0.2, -0.15) is 0 Å². The lowest BCUT2D eigenvalue weighted by Gasteiger charge is -2.16. The number of benzene rings is 1. The molecular weight excluding hydrogens is 306 g/mol. The molecule has 128 valence electrons. The van der Waals surface area contributed by atoms with Crippen molar-refractivity contribution in [3.63, 3.8) is 0 Å². The molecule has 3 rings (SSSR count). The zero-order valence-electron chi connectivity index (χ0n) is 14.1. The summed E-state index contributed by atoms with van der Waals surface area (Å²) in [5.41, 5.74) is 7.01. The Morgan fingerprint density at radius 1 is 1.29 bits per heavy atom. The topological polar surface area (TPSA) is 79.4 Å². The van der Waals surface area contributed by atoms with Gasteiger partial charge in [0.2, 0.25) is 0 Å². The number of anilines is 1. The molecule has 0 saturated heterocycles. The number of imidazole rings is 1. The van der Waals surface area contributed by atoms with Crippen LogP contribution in [0.2, 0.25) is 0 Å². The number of nitrogen functional groups attached to an aromatic ring is 1. The van der Waals surface area contributed by atoms with E-state index in [4.69, 9.17) is 15.2 Å². The van der Waals surface area contributed by atoms with Crippen molar-refractivity contribution in [3.8, 4) is 17.2 Å². The average Bonchev–Trinajstić information content (AvgIpc) is 3.25. The molecule has 0 unspecified atom stereocenters. The number of ether oxygens (including phenoxy) is 2. The molecular formula is C18H23N3O3. The van der Waals surface area contributed by atoms with Crippen molar-refractivity contribution in [2.24, 2.45) is 5.92 Å². The van der Waals surface area contributed by atoms with Gasteiger partial charge in [-0.3, -0.25) is 4.79 Å². The zero-order chi connectivity index (χ0) is 17.1. The maximum absolute atomic E-state index is 12.9. The molecule has 0 spiro atoms. The van der Waals surface area contributed by atoms with Crippen LogP contribution in [0, 0.1) is 5.92 Å². The fourth-order valence-corrected chi connectivity index (χ4v) is 3.37. The number of methoxy groups -OCH3 is 2. The van der Waals surface area contributed by atoms with Gasteiger partial charge in [0.1, 0.15) is 12.1 Å². The van der Waals surface area contributed by atoms with Gasteiger partial charge in [-0.25, -0.2) is 4.98 Å². The summed E-state index contributed by atoms with van der Waals surface area (Å²) in [5, 5.41) is 0. The summed E-state index contributed by atoms with van der Waals surface area (Å²) >= 11 is 0. The first-order valence-corrected chi connectivity index (χ1v) is 8.21. The van der Waals surface area contributed by atoms with E-state index < -0.39 is 0 Å². The van der Waals surface area contributed by atoms with Gasteiger partial charge in [-0.05, 0) is 12.0 Å². The molecule has 1 heterocycles.